The van der Waals surface area contributed by atoms with Gasteiger partial charge in [0.25, 0.3) is 0 Å². The number of pyridine rings is 1. The fourth-order valence-electron chi connectivity index (χ4n) is 1.75. The molecule has 1 aromatic rings. The largest absolute Gasteiger partial charge is 0.515 e. The van der Waals surface area contributed by atoms with E-state index in [-0.39, 0.29) is 0 Å². The van der Waals surface area contributed by atoms with Gasteiger partial charge in [0.2, 0.25) is 0 Å². The van der Waals surface area contributed by atoms with Crippen molar-refractivity contribution in [3.63, 3.8) is 0 Å². The smallest absolute Gasteiger partial charge is 0.398 e. The summed E-state index contributed by atoms with van der Waals surface area (Å²) in [4.78, 5) is 4.24. The zero-order valence-corrected chi connectivity index (χ0v) is 11.2. The predicted molar refractivity (Wildman–Crippen MR) is 72.3 cm³/mol. The molecule has 18 heavy (non-hydrogen) atoms. The summed E-state index contributed by atoms with van der Waals surface area (Å²) < 4.78 is 11.8. The monoisotopic (exact) mass is 244 g/mol. The van der Waals surface area contributed by atoms with Gasteiger partial charge in [-0.1, -0.05) is 5.92 Å². The number of nitrogen functional groups attached to an aromatic ring is 1. The summed E-state index contributed by atoms with van der Waals surface area (Å²) >= 11 is 0. The van der Waals surface area contributed by atoms with Gasteiger partial charge in [-0.05, 0) is 33.8 Å². The van der Waals surface area contributed by atoms with Crippen molar-refractivity contribution in [2.75, 3.05) is 5.73 Å². The Bertz CT molecular complexity index is 504. The Morgan fingerprint density at radius 1 is 1.28 bits per heavy atom. The summed E-state index contributed by atoms with van der Waals surface area (Å²) in [7, 11) is -0.554. The summed E-state index contributed by atoms with van der Waals surface area (Å²) in [5, 5.41) is 0. The average molecular weight is 244 g/mol. The highest BCUT2D eigenvalue weighted by Crippen LogP contribution is 2.36. The van der Waals surface area contributed by atoms with Crippen molar-refractivity contribution in [2.45, 2.75) is 38.9 Å². The number of hydrogen-bond acceptors (Lipinski definition) is 4. The van der Waals surface area contributed by atoms with Crippen molar-refractivity contribution in [1.82, 2.24) is 4.98 Å². The second-order valence-corrected chi connectivity index (χ2v) is 5.43. The molecule has 0 spiro atoms. The normalized spacial score (nSPS) is 20.7. The highest BCUT2D eigenvalue weighted by atomic mass is 16.7. The van der Waals surface area contributed by atoms with Crippen LogP contribution in [0.2, 0.25) is 0 Å². The van der Waals surface area contributed by atoms with E-state index in [4.69, 9.17) is 21.5 Å². The van der Waals surface area contributed by atoms with Crippen molar-refractivity contribution in [1.29, 1.82) is 0 Å². The summed E-state index contributed by atoms with van der Waals surface area (Å²) in [6.07, 6.45) is 7.02. The van der Waals surface area contributed by atoms with E-state index in [9.17, 15) is 0 Å². The summed E-state index contributed by atoms with van der Waals surface area (Å²) in [6, 6.07) is 1.70. The maximum atomic E-state index is 5.91. The molecular formula is C13H17BN2O2. The Morgan fingerprint density at radius 3 is 2.33 bits per heavy atom. The lowest BCUT2D eigenvalue weighted by Gasteiger charge is -2.32. The first-order valence-electron chi connectivity index (χ1n) is 5.84. The van der Waals surface area contributed by atoms with Crippen LogP contribution in [0.25, 0.3) is 0 Å². The quantitative estimate of drug-likeness (QED) is 0.590. The predicted octanol–water partition coefficient (Wildman–Crippen LogP) is 0.944. The molecule has 1 fully saturated rings. The second kappa shape index (κ2) is 4.01. The van der Waals surface area contributed by atoms with E-state index in [2.05, 4.69) is 10.9 Å². The topological polar surface area (TPSA) is 57.4 Å². The van der Waals surface area contributed by atoms with E-state index in [0.29, 0.717) is 16.8 Å². The maximum absolute atomic E-state index is 5.91. The van der Waals surface area contributed by atoms with Crippen LogP contribution < -0.4 is 11.3 Å². The molecule has 0 amide bonds. The van der Waals surface area contributed by atoms with E-state index >= 15 is 0 Å². The summed E-state index contributed by atoms with van der Waals surface area (Å²) in [5.41, 5.74) is 6.59. The molecule has 2 N–H and O–H groups in total. The van der Waals surface area contributed by atoms with Gasteiger partial charge in [-0.25, -0.2) is 0 Å². The minimum atomic E-state index is -0.554. The van der Waals surface area contributed by atoms with E-state index in [0.717, 1.165) is 0 Å². The SMILES string of the molecule is C#Cc1cc(N)cnc1B1OC(C)(C)C(C)(C)O1. The highest BCUT2D eigenvalue weighted by molar-refractivity contribution is 6.61. The van der Waals surface area contributed by atoms with Crippen LogP contribution in [0.15, 0.2) is 12.3 Å². The zero-order valence-electron chi connectivity index (χ0n) is 11.2. The fourth-order valence-corrected chi connectivity index (χ4v) is 1.75. The lowest BCUT2D eigenvalue weighted by Crippen LogP contribution is -2.41. The van der Waals surface area contributed by atoms with Crippen LogP contribution >= 0.6 is 0 Å². The van der Waals surface area contributed by atoms with E-state index in [1.807, 2.05) is 27.7 Å². The van der Waals surface area contributed by atoms with Crippen LogP contribution in [0.3, 0.4) is 0 Å². The molecule has 0 atom stereocenters. The molecule has 2 heterocycles. The van der Waals surface area contributed by atoms with E-state index in [1.165, 1.54) is 0 Å². The first kappa shape index (κ1) is 12.9. The third-order valence-corrected chi connectivity index (χ3v) is 3.57. The molecule has 2 rings (SSSR count). The minimum Gasteiger partial charge on any atom is -0.398 e. The van der Waals surface area contributed by atoms with Crippen LogP contribution in [-0.4, -0.2) is 23.3 Å². The van der Waals surface area contributed by atoms with Gasteiger partial charge in [0.05, 0.1) is 22.5 Å². The molecule has 0 aliphatic carbocycles. The van der Waals surface area contributed by atoms with Crippen molar-refractivity contribution >= 4 is 18.4 Å². The highest BCUT2D eigenvalue weighted by Gasteiger charge is 2.52. The van der Waals surface area contributed by atoms with Crippen LogP contribution in [-0.2, 0) is 9.31 Å². The van der Waals surface area contributed by atoms with Crippen molar-refractivity contribution in [3.8, 4) is 12.3 Å². The Kier molecular flexibility index (Phi) is 2.88. The number of nitrogens with zero attached hydrogens (tertiary/aromatic N) is 1. The van der Waals surface area contributed by atoms with Gasteiger partial charge >= 0.3 is 7.12 Å². The molecular weight excluding hydrogens is 227 g/mol. The van der Waals surface area contributed by atoms with Gasteiger partial charge in [-0.2, -0.15) is 0 Å². The lowest BCUT2D eigenvalue weighted by atomic mass is 9.81. The molecule has 0 saturated carbocycles. The molecule has 4 nitrogen and oxygen atoms in total. The van der Waals surface area contributed by atoms with Crippen molar-refractivity contribution < 1.29 is 9.31 Å². The fraction of sp³-hybridized carbons (Fsp3) is 0.462. The Labute approximate surface area is 108 Å². The third-order valence-electron chi connectivity index (χ3n) is 3.57. The minimum absolute atomic E-state index is 0.410. The number of terminal acetylenes is 1. The summed E-state index contributed by atoms with van der Waals surface area (Å²) in [5.74, 6) is 2.57. The van der Waals surface area contributed by atoms with Crippen LogP contribution in [0.4, 0.5) is 5.69 Å². The van der Waals surface area contributed by atoms with Gasteiger partial charge in [-0.3, -0.25) is 4.98 Å². The summed E-state index contributed by atoms with van der Waals surface area (Å²) in [6.45, 7) is 7.94. The zero-order chi connectivity index (χ0) is 13.6. The van der Waals surface area contributed by atoms with Crippen LogP contribution in [0.5, 0.6) is 0 Å². The van der Waals surface area contributed by atoms with E-state index < -0.39 is 18.3 Å². The van der Waals surface area contributed by atoms with Crippen molar-refractivity contribution in [3.05, 3.63) is 17.8 Å². The van der Waals surface area contributed by atoms with Crippen LogP contribution in [0, 0.1) is 12.3 Å². The Hall–Kier alpha value is -1.51. The van der Waals surface area contributed by atoms with Gasteiger partial charge in [0.1, 0.15) is 0 Å². The Morgan fingerprint density at radius 2 is 1.83 bits per heavy atom. The molecule has 0 unspecified atom stereocenters. The Balaban J connectivity index is 2.39. The standard InChI is InChI=1S/C13H17BN2O2/c1-6-9-7-10(15)8-16-11(9)14-17-12(2,3)13(4,5)18-14/h1,7-8H,15H2,2-5H3. The molecule has 1 aromatic heterocycles. The third kappa shape index (κ3) is 1.98. The average Bonchev–Trinajstić information content (AvgIpc) is 2.47. The van der Waals surface area contributed by atoms with Crippen LogP contribution in [0.1, 0.15) is 33.3 Å². The van der Waals surface area contributed by atoms with Gasteiger partial charge in [-0.15, -0.1) is 6.42 Å². The molecule has 1 aliphatic heterocycles. The molecule has 1 saturated heterocycles. The second-order valence-electron chi connectivity index (χ2n) is 5.43. The van der Waals surface area contributed by atoms with Crippen molar-refractivity contribution in [2.24, 2.45) is 0 Å². The molecule has 1 aliphatic rings. The number of rotatable bonds is 1. The van der Waals surface area contributed by atoms with Gasteiger partial charge in [0.15, 0.2) is 0 Å². The lowest BCUT2D eigenvalue weighted by molar-refractivity contribution is 0.00578. The number of nitrogens with two attached hydrogens (primary N) is 1. The molecule has 0 bridgehead atoms. The van der Waals surface area contributed by atoms with E-state index in [1.54, 1.807) is 12.3 Å². The maximum Gasteiger partial charge on any atom is 0.515 e. The number of anilines is 1. The first-order chi connectivity index (χ1) is 8.27. The molecule has 0 radical (unpaired) electrons. The van der Waals surface area contributed by atoms with Gasteiger partial charge < -0.3 is 15.0 Å². The molecule has 94 valence electrons. The molecule has 0 aromatic carbocycles. The number of hydrogen-bond donors (Lipinski definition) is 1. The van der Waals surface area contributed by atoms with Gasteiger partial charge in [0, 0.05) is 11.8 Å². The number of aromatic nitrogens is 1. The molecule has 5 heteroatoms. The first-order valence-corrected chi connectivity index (χ1v) is 5.84.